The molecule has 0 saturated heterocycles. The van der Waals surface area contributed by atoms with Gasteiger partial charge < -0.3 is 10.5 Å². The number of ether oxygens (including phenoxy) is 1. The van der Waals surface area contributed by atoms with E-state index in [0.29, 0.717) is 23.8 Å². The van der Waals surface area contributed by atoms with Crippen LogP contribution in [-0.4, -0.2) is 12.6 Å². The molecular weight excluding hydrogens is 238 g/mol. The first-order valence-electron chi connectivity index (χ1n) is 6.98. The van der Waals surface area contributed by atoms with Crippen LogP contribution in [0, 0.1) is 0 Å². The molecule has 0 amide bonds. The van der Waals surface area contributed by atoms with Crippen LogP contribution in [-0.2, 0) is 4.74 Å². The van der Waals surface area contributed by atoms with Crippen LogP contribution in [0.1, 0.15) is 74.4 Å². The lowest BCUT2D eigenvalue weighted by atomic mass is 9.91. The highest BCUT2D eigenvalue weighted by molar-refractivity contribution is 5.96. The SMILES string of the molecule is CCCOC(=O)c1cc(C(C)C)cc(C(C)C)c1N. The van der Waals surface area contributed by atoms with Crippen molar-refractivity contribution >= 4 is 11.7 Å². The van der Waals surface area contributed by atoms with E-state index < -0.39 is 0 Å². The summed E-state index contributed by atoms with van der Waals surface area (Å²) in [5, 5.41) is 0. The van der Waals surface area contributed by atoms with Gasteiger partial charge in [0.25, 0.3) is 0 Å². The lowest BCUT2D eigenvalue weighted by molar-refractivity contribution is 0.0506. The van der Waals surface area contributed by atoms with Gasteiger partial charge in [0.15, 0.2) is 0 Å². The van der Waals surface area contributed by atoms with Crippen LogP contribution in [0.25, 0.3) is 0 Å². The Hall–Kier alpha value is -1.51. The van der Waals surface area contributed by atoms with E-state index in [9.17, 15) is 4.79 Å². The summed E-state index contributed by atoms with van der Waals surface area (Å²) in [5.41, 5.74) is 9.33. The van der Waals surface area contributed by atoms with E-state index in [1.165, 1.54) is 0 Å². The zero-order valence-electron chi connectivity index (χ0n) is 12.6. The number of rotatable bonds is 5. The van der Waals surface area contributed by atoms with Crippen molar-refractivity contribution in [3.63, 3.8) is 0 Å². The van der Waals surface area contributed by atoms with E-state index in [1.807, 2.05) is 13.0 Å². The highest BCUT2D eigenvalue weighted by atomic mass is 16.5. The number of nitrogens with two attached hydrogens (primary N) is 1. The number of hydrogen-bond acceptors (Lipinski definition) is 3. The lowest BCUT2D eigenvalue weighted by Crippen LogP contribution is -2.12. The molecule has 0 aromatic heterocycles. The predicted octanol–water partition coefficient (Wildman–Crippen LogP) is 4.08. The third-order valence-corrected chi connectivity index (χ3v) is 3.18. The predicted molar refractivity (Wildman–Crippen MR) is 79.6 cm³/mol. The van der Waals surface area contributed by atoms with Crippen LogP contribution >= 0.6 is 0 Å². The van der Waals surface area contributed by atoms with Gasteiger partial charge in [0.2, 0.25) is 0 Å². The second-order valence-corrected chi connectivity index (χ2v) is 5.52. The summed E-state index contributed by atoms with van der Waals surface area (Å²) in [5.74, 6) is 0.330. The minimum Gasteiger partial charge on any atom is -0.462 e. The first-order valence-corrected chi connectivity index (χ1v) is 6.98. The quantitative estimate of drug-likeness (QED) is 0.643. The van der Waals surface area contributed by atoms with E-state index in [-0.39, 0.29) is 11.9 Å². The molecule has 1 aromatic rings. The molecular formula is C16H25NO2. The van der Waals surface area contributed by atoms with Gasteiger partial charge in [0.1, 0.15) is 0 Å². The van der Waals surface area contributed by atoms with E-state index in [0.717, 1.165) is 17.5 Å². The first kappa shape index (κ1) is 15.5. The van der Waals surface area contributed by atoms with Gasteiger partial charge in [-0.25, -0.2) is 4.79 Å². The van der Waals surface area contributed by atoms with E-state index in [2.05, 4.69) is 33.8 Å². The van der Waals surface area contributed by atoms with Gasteiger partial charge >= 0.3 is 5.97 Å². The standard InChI is InChI=1S/C16H25NO2/c1-6-7-19-16(18)14-9-12(10(2)3)8-13(11(4)5)15(14)17/h8-11H,6-7,17H2,1-5H3. The van der Waals surface area contributed by atoms with Crippen molar-refractivity contribution in [2.75, 3.05) is 12.3 Å². The topological polar surface area (TPSA) is 52.3 Å². The van der Waals surface area contributed by atoms with Crippen LogP contribution in [0.4, 0.5) is 5.69 Å². The number of carbonyl (C=O) groups is 1. The molecule has 106 valence electrons. The summed E-state index contributed by atoms with van der Waals surface area (Å²) in [6.45, 7) is 10.8. The Morgan fingerprint density at radius 2 is 1.84 bits per heavy atom. The van der Waals surface area contributed by atoms with Crippen LogP contribution < -0.4 is 5.73 Å². The summed E-state index contributed by atoms with van der Waals surface area (Å²) in [7, 11) is 0. The molecule has 0 aliphatic carbocycles. The van der Waals surface area contributed by atoms with Gasteiger partial charge in [-0.2, -0.15) is 0 Å². The molecule has 1 rings (SSSR count). The number of hydrogen-bond donors (Lipinski definition) is 1. The number of nitrogen functional groups attached to an aromatic ring is 1. The second kappa shape index (κ2) is 6.60. The van der Waals surface area contributed by atoms with Gasteiger partial charge in [0.05, 0.1) is 12.2 Å². The summed E-state index contributed by atoms with van der Waals surface area (Å²) >= 11 is 0. The van der Waals surface area contributed by atoms with Crippen molar-refractivity contribution < 1.29 is 9.53 Å². The Kier molecular flexibility index (Phi) is 5.40. The van der Waals surface area contributed by atoms with Crippen molar-refractivity contribution in [1.29, 1.82) is 0 Å². The molecule has 0 radical (unpaired) electrons. The van der Waals surface area contributed by atoms with Gasteiger partial charge in [-0.1, -0.05) is 40.7 Å². The van der Waals surface area contributed by atoms with Crippen molar-refractivity contribution in [2.24, 2.45) is 0 Å². The zero-order valence-corrected chi connectivity index (χ0v) is 12.6. The molecule has 2 N–H and O–H groups in total. The molecule has 0 atom stereocenters. The Labute approximate surface area is 116 Å². The fourth-order valence-electron chi connectivity index (χ4n) is 1.95. The average molecular weight is 263 g/mol. The van der Waals surface area contributed by atoms with Crippen molar-refractivity contribution in [1.82, 2.24) is 0 Å². The molecule has 19 heavy (non-hydrogen) atoms. The minimum absolute atomic E-state index is 0.288. The second-order valence-electron chi connectivity index (χ2n) is 5.52. The average Bonchev–Trinajstić information content (AvgIpc) is 2.35. The zero-order chi connectivity index (χ0) is 14.6. The van der Waals surface area contributed by atoms with Crippen LogP contribution in [0.2, 0.25) is 0 Å². The van der Waals surface area contributed by atoms with Crippen LogP contribution in [0.3, 0.4) is 0 Å². The molecule has 3 heteroatoms. The minimum atomic E-state index is -0.316. The Bertz CT molecular complexity index is 450. The Morgan fingerprint density at radius 3 is 2.32 bits per heavy atom. The normalized spacial score (nSPS) is 11.1. The van der Waals surface area contributed by atoms with Gasteiger partial charge in [-0.3, -0.25) is 0 Å². The lowest BCUT2D eigenvalue weighted by Gasteiger charge is -2.17. The highest BCUT2D eigenvalue weighted by Gasteiger charge is 2.18. The molecule has 3 nitrogen and oxygen atoms in total. The largest absolute Gasteiger partial charge is 0.462 e. The maximum Gasteiger partial charge on any atom is 0.340 e. The Morgan fingerprint density at radius 1 is 1.21 bits per heavy atom. The van der Waals surface area contributed by atoms with E-state index >= 15 is 0 Å². The monoisotopic (exact) mass is 263 g/mol. The van der Waals surface area contributed by atoms with E-state index in [4.69, 9.17) is 10.5 Å². The van der Waals surface area contributed by atoms with Crippen molar-refractivity contribution in [3.8, 4) is 0 Å². The fraction of sp³-hybridized carbons (Fsp3) is 0.562. The van der Waals surface area contributed by atoms with Gasteiger partial charge in [0, 0.05) is 5.69 Å². The third-order valence-electron chi connectivity index (χ3n) is 3.18. The molecule has 0 saturated carbocycles. The summed E-state index contributed by atoms with van der Waals surface area (Å²) in [4.78, 5) is 12.1. The number of carbonyl (C=O) groups excluding carboxylic acids is 1. The maximum absolute atomic E-state index is 12.1. The van der Waals surface area contributed by atoms with Crippen molar-refractivity contribution in [2.45, 2.75) is 52.9 Å². The molecule has 0 spiro atoms. The third kappa shape index (κ3) is 3.72. The summed E-state index contributed by atoms with van der Waals surface area (Å²) in [6, 6.07) is 3.96. The van der Waals surface area contributed by atoms with E-state index in [1.54, 1.807) is 0 Å². The summed E-state index contributed by atoms with van der Waals surface area (Å²) < 4.78 is 5.21. The van der Waals surface area contributed by atoms with Crippen molar-refractivity contribution in [3.05, 3.63) is 28.8 Å². The molecule has 0 heterocycles. The molecule has 0 fully saturated rings. The van der Waals surface area contributed by atoms with Crippen LogP contribution in [0.5, 0.6) is 0 Å². The Balaban J connectivity index is 3.25. The summed E-state index contributed by atoms with van der Waals surface area (Å²) in [6.07, 6.45) is 0.812. The smallest absolute Gasteiger partial charge is 0.340 e. The highest BCUT2D eigenvalue weighted by Crippen LogP contribution is 2.30. The fourth-order valence-corrected chi connectivity index (χ4v) is 1.95. The van der Waals surface area contributed by atoms with Gasteiger partial charge in [-0.15, -0.1) is 0 Å². The maximum atomic E-state index is 12.1. The number of anilines is 1. The van der Waals surface area contributed by atoms with Crippen LogP contribution in [0.15, 0.2) is 12.1 Å². The first-order chi connectivity index (χ1) is 8.88. The number of esters is 1. The molecule has 0 bridgehead atoms. The molecule has 0 aliphatic heterocycles. The molecule has 1 aromatic carbocycles. The molecule has 0 unspecified atom stereocenters. The molecule has 0 aliphatic rings. The van der Waals surface area contributed by atoms with Gasteiger partial charge in [-0.05, 0) is 35.4 Å². The number of benzene rings is 1.